The molecule has 1 rings (SSSR count). The molecule has 0 radical (unpaired) electrons. The summed E-state index contributed by atoms with van der Waals surface area (Å²) in [6, 6.07) is 2.58. The number of nitro benzene ring substituents is 1. The maximum absolute atomic E-state index is 10.9. The first kappa shape index (κ1) is 12.1. The molecule has 0 aliphatic heterocycles. The van der Waals surface area contributed by atoms with Gasteiger partial charge in [0.25, 0.3) is 10.9 Å². The Morgan fingerprint density at radius 1 is 1.53 bits per heavy atom. The molecule has 5 nitrogen and oxygen atoms in total. The van der Waals surface area contributed by atoms with Gasteiger partial charge in [-0.3, -0.25) is 19.7 Å². The van der Waals surface area contributed by atoms with Crippen molar-refractivity contribution in [2.24, 2.45) is 0 Å². The number of carbonyl (C=O) groups excluding carboxylic acids is 2. The number of hydrogen-bond acceptors (Lipinski definition) is 4. The molecule has 0 amide bonds. The zero-order chi connectivity index (χ0) is 11.6. The summed E-state index contributed by atoms with van der Waals surface area (Å²) >= 11 is 7.03. The number of nitrogens with zero attached hydrogens (tertiary/aromatic N) is 1. The van der Waals surface area contributed by atoms with Gasteiger partial charge in [-0.25, -0.2) is 0 Å². The van der Waals surface area contributed by atoms with Crippen LogP contribution in [-0.4, -0.2) is 16.5 Å². The lowest BCUT2D eigenvalue weighted by Gasteiger charge is -2.01. The monoisotopic (exact) mass is 339 g/mol. The van der Waals surface area contributed by atoms with Gasteiger partial charge < -0.3 is 0 Å². The molecule has 0 unspecified atom stereocenters. The van der Waals surface area contributed by atoms with Crippen LogP contribution in [0.25, 0.3) is 0 Å². The predicted octanol–water partition coefficient (Wildman–Crippen LogP) is 2.39. The van der Waals surface area contributed by atoms with E-state index in [-0.39, 0.29) is 11.1 Å². The van der Waals surface area contributed by atoms with Gasteiger partial charge in [-0.15, -0.1) is 0 Å². The smallest absolute Gasteiger partial charge is 0.292 e. The number of carbonyl (C=O) groups is 2. The predicted molar refractivity (Wildman–Crippen MR) is 61.4 cm³/mol. The van der Waals surface area contributed by atoms with E-state index >= 15 is 0 Å². The van der Waals surface area contributed by atoms with Crippen molar-refractivity contribution in [1.29, 1.82) is 0 Å². The van der Waals surface area contributed by atoms with Gasteiger partial charge in [-0.1, -0.05) is 0 Å². The van der Waals surface area contributed by atoms with Crippen LogP contribution in [-0.2, 0) is 0 Å². The molecule has 0 saturated carbocycles. The van der Waals surface area contributed by atoms with Crippen molar-refractivity contribution in [3.8, 4) is 0 Å². The minimum absolute atomic E-state index is 0.157. The number of aldehydes is 1. The van der Waals surface area contributed by atoms with Crippen LogP contribution in [0.4, 0.5) is 5.69 Å². The molecular formula is C8H3ClINO4. The van der Waals surface area contributed by atoms with Crippen LogP contribution in [0.2, 0.25) is 0 Å². The summed E-state index contributed by atoms with van der Waals surface area (Å²) in [7, 11) is 0. The fourth-order valence-electron chi connectivity index (χ4n) is 1.06. The van der Waals surface area contributed by atoms with E-state index in [1.807, 2.05) is 22.6 Å². The molecule has 7 heteroatoms. The van der Waals surface area contributed by atoms with E-state index in [1.54, 1.807) is 0 Å². The minimum atomic E-state index is -0.955. The average Bonchev–Trinajstić information content (AvgIpc) is 2.15. The van der Waals surface area contributed by atoms with Gasteiger partial charge >= 0.3 is 0 Å². The summed E-state index contributed by atoms with van der Waals surface area (Å²) in [5, 5.41) is 9.70. The van der Waals surface area contributed by atoms with Crippen LogP contribution in [0.5, 0.6) is 0 Å². The molecule has 0 heterocycles. The van der Waals surface area contributed by atoms with Gasteiger partial charge in [0, 0.05) is 3.57 Å². The van der Waals surface area contributed by atoms with Crippen molar-refractivity contribution < 1.29 is 14.5 Å². The van der Waals surface area contributed by atoms with Crippen molar-refractivity contribution in [1.82, 2.24) is 0 Å². The average molecular weight is 339 g/mol. The van der Waals surface area contributed by atoms with Gasteiger partial charge in [-0.2, -0.15) is 0 Å². The number of nitro groups is 1. The molecule has 15 heavy (non-hydrogen) atoms. The largest absolute Gasteiger partial charge is 0.298 e. The molecule has 1 aromatic rings. The van der Waals surface area contributed by atoms with Crippen LogP contribution in [0.3, 0.4) is 0 Å². The van der Waals surface area contributed by atoms with Crippen LogP contribution in [0.1, 0.15) is 20.7 Å². The fourth-order valence-corrected chi connectivity index (χ4v) is 1.85. The van der Waals surface area contributed by atoms with Crippen LogP contribution < -0.4 is 0 Å². The maximum atomic E-state index is 10.9. The quantitative estimate of drug-likeness (QED) is 0.278. The molecular weight excluding hydrogens is 336 g/mol. The molecule has 0 aliphatic carbocycles. The molecule has 1 aromatic carbocycles. The Morgan fingerprint density at radius 3 is 2.53 bits per heavy atom. The van der Waals surface area contributed by atoms with Gasteiger partial charge in [0.15, 0.2) is 6.29 Å². The summed E-state index contributed by atoms with van der Waals surface area (Å²) in [4.78, 5) is 31.4. The van der Waals surface area contributed by atoms with E-state index in [0.717, 1.165) is 0 Å². The highest BCUT2D eigenvalue weighted by atomic mass is 127. The van der Waals surface area contributed by atoms with E-state index in [4.69, 9.17) is 11.6 Å². The van der Waals surface area contributed by atoms with Crippen molar-refractivity contribution in [2.45, 2.75) is 0 Å². The van der Waals surface area contributed by atoms with Crippen molar-refractivity contribution in [3.63, 3.8) is 0 Å². The Morgan fingerprint density at radius 2 is 2.13 bits per heavy atom. The first-order valence-corrected chi connectivity index (χ1v) is 5.06. The second-order valence-electron chi connectivity index (χ2n) is 2.54. The Labute approximate surface area is 103 Å². The van der Waals surface area contributed by atoms with Crippen molar-refractivity contribution in [2.75, 3.05) is 0 Å². The normalized spacial score (nSPS) is 9.73. The van der Waals surface area contributed by atoms with Crippen molar-refractivity contribution in [3.05, 3.63) is 36.9 Å². The van der Waals surface area contributed by atoms with Crippen molar-refractivity contribution >= 4 is 51.4 Å². The highest BCUT2D eigenvalue weighted by molar-refractivity contribution is 14.1. The van der Waals surface area contributed by atoms with E-state index in [1.165, 1.54) is 12.1 Å². The Balaban J connectivity index is 3.61. The lowest BCUT2D eigenvalue weighted by atomic mass is 10.1. The number of hydrogen-bond donors (Lipinski definition) is 0. The van der Waals surface area contributed by atoms with Gasteiger partial charge in [0.2, 0.25) is 0 Å². The van der Waals surface area contributed by atoms with E-state index < -0.39 is 15.9 Å². The molecule has 0 N–H and O–H groups in total. The molecule has 78 valence electrons. The number of benzene rings is 1. The summed E-state index contributed by atoms with van der Waals surface area (Å²) in [5.74, 6) is 0. The third-order valence-corrected chi connectivity index (χ3v) is 2.45. The second-order valence-corrected chi connectivity index (χ2v) is 4.13. The topological polar surface area (TPSA) is 77.3 Å². The maximum Gasteiger partial charge on any atom is 0.292 e. The molecule has 0 saturated heterocycles. The molecule has 0 aromatic heterocycles. The zero-order valence-corrected chi connectivity index (χ0v) is 9.98. The molecule has 0 fully saturated rings. The molecule has 0 atom stereocenters. The minimum Gasteiger partial charge on any atom is -0.298 e. The van der Waals surface area contributed by atoms with E-state index in [0.29, 0.717) is 9.86 Å². The lowest BCUT2D eigenvalue weighted by Crippen LogP contribution is -2.03. The second kappa shape index (κ2) is 4.67. The van der Waals surface area contributed by atoms with Crippen LogP contribution in [0.15, 0.2) is 12.1 Å². The zero-order valence-electron chi connectivity index (χ0n) is 7.07. The Hall–Kier alpha value is -1.02. The van der Waals surface area contributed by atoms with E-state index in [2.05, 4.69) is 0 Å². The lowest BCUT2D eigenvalue weighted by molar-refractivity contribution is -0.385. The third kappa shape index (κ3) is 2.51. The summed E-state index contributed by atoms with van der Waals surface area (Å²) in [6.45, 7) is 0. The SMILES string of the molecule is O=Cc1cc(I)cc(C(=O)Cl)c1[N+](=O)[O-]. The highest BCUT2D eigenvalue weighted by Gasteiger charge is 2.24. The first-order valence-electron chi connectivity index (χ1n) is 3.60. The van der Waals surface area contributed by atoms with Gasteiger partial charge in [0.05, 0.1) is 10.5 Å². The molecule has 0 spiro atoms. The Bertz CT molecular complexity index is 460. The Kier molecular flexibility index (Phi) is 3.75. The highest BCUT2D eigenvalue weighted by Crippen LogP contribution is 2.26. The third-order valence-electron chi connectivity index (χ3n) is 1.63. The molecule has 0 aliphatic rings. The van der Waals surface area contributed by atoms with Gasteiger partial charge in [0.1, 0.15) is 5.56 Å². The summed E-state index contributed by atoms with van der Waals surface area (Å²) < 4.78 is 0.532. The van der Waals surface area contributed by atoms with E-state index in [9.17, 15) is 19.7 Å². The standard InChI is InChI=1S/C8H3ClINO4/c9-8(13)6-2-5(10)1-4(3-12)7(6)11(14)15/h1-3H. The van der Waals surface area contributed by atoms with Crippen LogP contribution in [0, 0.1) is 13.7 Å². The number of halogens is 2. The summed E-state index contributed by atoms with van der Waals surface area (Å²) in [6.07, 6.45) is 0.323. The summed E-state index contributed by atoms with van der Waals surface area (Å²) in [5.41, 5.74) is -0.975. The van der Waals surface area contributed by atoms with Gasteiger partial charge in [-0.05, 0) is 46.3 Å². The first-order chi connectivity index (χ1) is 6.97. The number of rotatable bonds is 3. The van der Waals surface area contributed by atoms with Crippen LogP contribution >= 0.6 is 34.2 Å². The molecule has 0 bridgehead atoms. The fraction of sp³-hybridized carbons (Fsp3) is 0.